The molecule has 1 fully saturated rings. The highest BCUT2D eigenvalue weighted by Gasteiger charge is 2.13. The van der Waals surface area contributed by atoms with Gasteiger partial charge >= 0.3 is 11.9 Å². The second-order valence-electron chi connectivity index (χ2n) is 15.5. The van der Waals surface area contributed by atoms with E-state index in [1.165, 1.54) is 103 Å². The van der Waals surface area contributed by atoms with Crippen LogP contribution in [-0.4, -0.2) is 62.4 Å². The molecule has 300 valence electrons. The fourth-order valence-electron chi connectivity index (χ4n) is 7.11. The number of hydrogen-bond acceptors (Lipinski definition) is 6. The third-order valence-corrected chi connectivity index (χ3v) is 10.6. The van der Waals surface area contributed by atoms with Crippen LogP contribution in [-0.2, 0) is 23.8 Å². The number of esters is 2. The molecule has 1 aliphatic rings. The van der Waals surface area contributed by atoms with Crippen molar-refractivity contribution in [3.63, 3.8) is 0 Å². The van der Waals surface area contributed by atoms with Gasteiger partial charge in [-0.2, -0.15) is 0 Å². The lowest BCUT2D eigenvalue weighted by Crippen LogP contribution is -2.23. The number of carbonyl (C=O) groups is 2. The summed E-state index contributed by atoms with van der Waals surface area (Å²) < 4.78 is 17.5. The minimum Gasteiger partial charge on any atom is -0.466 e. The van der Waals surface area contributed by atoms with Crippen LogP contribution >= 0.6 is 0 Å². The van der Waals surface area contributed by atoms with E-state index in [2.05, 4.69) is 49.4 Å². The van der Waals surface area contributed by atoms with Gasteiger partial charge in [0.25, 0.3) is 0 Å². The summed E-state index contributed by atoms with van der Waals surface area (Å²) in [5, 5.41) is 0. The van der Waals surface area contributed by atoms with Crippen molar-refractivity contribution in [1.29, 1.82) is 0 Å². The van der Waals surface area contributed by atoms with Crippen molar-refractivity contribution in [3.8, 4) is 0 Å². The Morgan fingerprint density at radius 3 is 1.79 bits per heavy atom. The number of unbranched alkanes of at least 4 members (excludes halogenated alkanes) is 12. The predicted molar refractivity (Wildman–Crippen MR) is 217 cm³/mol. The average molecular weight is 728 g/mol. The van der Waals surface area contributed by atoms with Gasteiger partial charge in [-0.05, 0) is 108 Å². The largest absolute Gasteiger partial charge is 0.466 e. The molecule has 0 amide bonds. The Morgan fingerprint density at radius 2 is 1.19 bits per heavy atom. The van der Waals surface area contributed by atoms with E-state index < -0.39 is 0 Å². The Bertz CT molecular complexity index is 971. The Hall–Kier alpha value is -2.06. The highest BCUT2D eigenvalue weighted by Crippen LogP contribution is 2.19. The first-order chi connectivity index (χ1) is 25.5. The summed E-state index contributed by atoms with van der Waals surface area (Å²) in [6, 6.07) is 0. The smallest absolute Gasteiger partial charge is 0.305 e. The fraction of sp³-hybridized carbons (Fsp3) is 0.848. The summed E-state index contributed by atoms with van der Waals surface area (Å²) in [4.78, 5) is 27.0. The van der Waals surface area contributed by atoms with Crippen molar-refractivity contribution in [2.24, 2.45) is 11.8 Å². The highest BCUT2D eigenvalue weighted by atomic mass is 16.5. The van der Waals surface area contributed by atoms with E-state index in [4.69, 9.17) is 14.2 Å². The van der Waals surface area contributed by atoms with Crippen LogP contribution in [0.2, 0.25) is 0 Å². The monoisotopic (exact) mass is 728 g/mol. The third-order valence-electron chi connectivity index (χ3n) is 10.6. The third kappa shape index (κ3) is 30.4. The molecule has 3 atom stereocenters. The maximum atomic E-state index is 12.3. The summed E-state index contributed by atoms with van der Waals surface area (Å²) in [7, 11) is 0. The highest BCUT2D eigenvalue weighted by molar-refractivity contribution is 5.69. The van der Waals surface area contributed by atoms with Crippen molar-refractivity contribution in [3.05, 3.63) is 29.8 Å². The van der Waals surface area contributed by atoms with Crippen LogP contribution in [0, 0.1) is 11.8 Å². The van der Waals surface area contributed by atoms with Gasteiger partial charge in [-0.15, -0.1) is 0 Å². The average Bonchev–Trinajstić information content (AvgIpc) is 3.66. The minimum atomic E-state index is -0.0710. The first-order valence-electron chi connectivity index (χ1n) is 22.0. The van der Waals surface area contributed by atoms with Crippen LogP contribution in [0.5, 0.6) is 0 Å². The van der Waals surface area contributed by atoms with Gasteiger partial charge < -0.3 is 19.1 Å². The molecule has 0 saturated carbocycles. The van der Waals surface area contributed by atoms with Gasteiger partial charge in [-0.1, -0.05) is 129 Å². The minimum absolute atomic E-state index is 0.0237. The van der Waals surface area contributed by atoms with E-state index in [1.54, 1.807) is 0 Å². The zero-order chi connectivity index (χ0) is 37.7. The van der Waals surface area contributed by atoms with E-state index in [1.807, 2.05) is 6.08 Å². The van der Waals surface area contributed by atoms with Crippen LogP contribution in [0.1, 0.15) is 194 Å². The maximum Gasteiger partial charge on any atom is 0.305 e. The predicted octanol–water partition coefficient (Wildman–Crippen LogP) is 12.2. The van der Waals surface area contributed by atoms with E-state index >= 15 is 0 Å². The first kappa shape index (κ1) is 48.0. The van der Waals surface area contributed by atoms with Gasteiger partial charge in [0.2, 0.25) is 0 Å². The molecule has 0 radical (unpaired) electrons. The molecule has 1 rings (SSSR count). The molecule has 0 aromatic carbocycles. The molecular weight excluding hydrogens is 647 g/mol. The lowest BCUT2D eigenvalue weighted by Gasteiger charge is -2.20. The maximum absolute atomic E-state index is 12.3. The van der Waals surface area contributed by atoms with Gasteiger partial charge in [0.15, 0.2) is 0 Å². The lowest BCUT2D eigenvalue weighted by atomic mass is 9.98. The number of carbonyl (C=O) groups excluding carboxylic acids is 2. The molecule has 52 heavy (non-hydrogen) atoms. The van der Waals surface area contributed by atoms with E-state index in [9.17, 15) is 9.59 Å². The van der Waals surface area contributed by atoms with Crippen LogP contribution in [0.25, 0.3) is 0 Å². The second kappa shape index (κ2) is 35.9. The van der Waals surface area contributed by atoms with E-state index in [0.717, 1.165) is 83.8 Å². The number of ether oxygens (including phenoxy) is 3. The van der Waals surface area contributed by atoms with Gasteiger partial charge in [-0.3, -0.25) is 9.59 Å². The molecule has 0 bridgehead atoms. The molecule has 1 aliphatic heterocycles. The van der Waals surface area contributed by atoms with Crippen molar-refractivity contribution >= 4 is 11.9 Å². The normalized spacial score (nSPS) is 14.6. The summed E-state index contributed by atoms with van der Waals surface area (Å²) in [5.41, 5.74) is 8.40. The molecule has 0 N–H and O–H groups in total. The van der Waals surface area contributed by atoms with E-state index in [0.29, 0.717) is 44.0 Å². The molecular formula is C46H81NO5. The molecule has 3 unspecified atom stereocenters. The number of hydrogen-bond donors (Lipinski definition) is 0. The van der Waals surface area contributed by atoms with Crippen molar-refractivity contribution < 1.29 is 23.8 Å². The molecule has 0 aliphatic carbocycles. The van der Waals surface area contributed by atoms with Crippen LogP contribution < -0.4 is 0 Å². The quantitative estimate of drug-likeness (QED) is 0.0364. The zero-order valence-corrected chi connectivity index (χ0v) is 34.3. The standard InChI is InChI=1S/C46H81NO5/c1-5-8-17-27-42(4)34-40-51-45(48)32-22-15-11-13-20-30-44(50-39-26-38-47-36-24-25-37-47)31-21-14-12-16-23-33-46(49)52-41-35-43(28-18-9-6-2)29-19-10-7-3/h28,42-44H,2,5,7-8,10-17,19-27,29-41H2,1,3-4H3. The van der Waals surface area contributed by atoms with Gasteiger partial charge in [0, 0.05) is 26.0 Å². The second-order valence-corrected chi connectivity index (χ2v) is 15.5. The van der Waals surface area contributed by atoms with Gasteiger partial charge in [-0.25, -0.2) is 0 Å². The zero-order valence-electron chi connectivity index (χ0n) is 34.3. The Balaban J connectivity index is 2.21. The molecule has 1 heterocycles. The van der Waals surface area contributed by atoms with Crippen molar-refractivity contribution in [1.82, 2.24) is 4.90 Å². The van der Waals surface area contributed by atoms with Gasteiger partial charge in [0.05, 0.1) is 19.3 Å². The number of nitrogens with zero attached hydrogens (tertiary/aromatic N) is 1. The topological polar surface area (TPSA) is 65.1 Å². The summed E-state index contributed by atoms with van der Waals surface area (Å²) in [6.45, 7) is 15.8. The first-order valence-corrected chi connectivity index (χ1v) is 22.0. The Labute approximate surface area is 321 Å². The molecule has 0 spiro atoms. The van der Waals surface area contributed by atoms with Crippen LogP contribution in [0.4, 0.5) is 0 Å². The van der Waals surface area contributed by atoms with Crippen molar-refractivity contribution in [2.75, 3.05) is 39.5 Å². The number of likely N-dealkylation sites (tertiary alicyclic amines) is 1. The number of allylic oxidation sites excluding steroid dienone is 1. The molecule has 6 heteroatoms. The van der Waals surface area contributed by atoms with Gasteiger partial charge in [0.1, 0.15) is 0 Å². The Morgan fingerprint density at radius 1 is 0.654 bits per heavy atom. The summed E-state index contributed by atoms with van der Waals surface area (Å²) in [6.07, 6.45) is 32.2. The molecule has 1 saturated heterocycles. The molecule has 0 aromatic rings. The van der Waals surface area contributed by atoms with Crippen LogP contribution in [0.15, 0.2) is 29.8 Å². The van der Waals surface area contributed by atoms with Crippen molar-refractivity contribution in [2.45, 2.75) is 200 Å². The fourth-order valence-corrected chi connectivity index (χ4v) is 7.11. The van der Waals surface area contributed by atoms with Crippen LogP contribution in [0.3, 0.4) is 0 Å². The lowest BCUT2D eigenvalue weighted by molar-refractivity contribution is -0.145. The summed E-state index contributed by atoms with van der Waals surface area (Å²) >= 11 is 0. The molecule has 0 aromatic heterocycles. The number of rotatable bonds is 36. The Kier molecular flexibility index (Phi) is 33.2. The SMILES string of the molecule is C=C=C=C=CC(CCCCC)CCOC(=O)CCCCCCCC(CCCCCCCC(=O)OCCC(C)CCCCC)OCCCN1CCCC1. The van der Waals surface area contributed by atoms with E-state index in [-0.39, 0.29) is 11.9 Å². The summed E-state index contributed by atoms with van der Waals surface area (Å²) in [5.74, 6) is 0.896. The molecule has 6 nitrogen and oxygen atoms in total.